The van der Waals surface area contributed by atoms with Crippen molar-refractivity contribution in [3.63, 3.8) is 0 Å². The molecule has 1 rings (SSSR count). The fourth-order valence-corrected chi connectivity index (χ4v) is 1.02. The molecule has 0 N–H and O–H groups in total. The molecule has 82 valence electrons. The van der Waals surface area contributed by atoms with Gasteiger partial charge in [0.15, 0.2) is 5.76 Å². The minimum atomic E-state index is -1.36. The van der Waals surface area contributed by atoms with E-state index >= 15 is 0 Å². The van der Waals surface area contributed by atoms with Crippen LogP contribution in [0.5, 0.6) is 0 Å². The quantitative estimate of drug-likeness (QED) is 0.565. The summed E-state index contributed by atoms with van der Waals surface area (Å²) in [5.74, 6) is -4.20. The average molecular weight is 214 g/mol. The van der Waals surface area contributed by atoms with Crippen LogP contribution in [0.2, 0.25) is 0 Å². The molecule has 1 atom stereocenters. The summed E-state index contributed by atoms with van der Waals surface area (Å²) in [5, 5.41) is 0. The molecule has 0 aliphatic heterocycles. The topological polar surface area (TPSA) is 30.2 Å². The maximum absolute atomic E-state index is 13.3. The molecular weight excluding hydrogens is 202 g/mol. The molecule has 4 heteroatoms. The molecule has 1 heterocycles. The van der Waals surface area contributed by atoms with Crippen LogP contribution in [0.1, 0.15) is 30.8 Å². The maximum atomic E-state index is 13.3. The number of furan rings is 1. The summed E-state index contributed by atoms with van der Waals surface area (Å²) in [7, 11) is 0. The number of Topliss-reactive ketones (excluding diaryl/α,β-unsaturated/α-hetero) is 1. The van der Waals surface area contributed by atoms with Crippen molar-refractivity contribution in [2.75, 3.05) is 0 Å². The van der Waals surface area contributed by atoms with E-state index in [9.17, 15) is 13.6 Å². The van der Waals surface area contributed by atoms with Crippen molar-refractivity contribution in [1.82, 2.24) is 0 Å². The molecule has 1 aromatic heterocycles. The fraction of sp³-hybridized carbons (Fsp3) is 0.364. The number of hydrogen-bond acceptors (Lipinski definition) is 2. The fourth-order valence-electron chi connectivity index (χ4n) is 1.02. The molecule has 0 aromatic carbocycles. The van der Waals surface area contributed by atoms with E-state index in [-0.39, 0.29) is 5.76 Å². The van der Waals surface area contributed by atoms with Crippen LogP contribution in [0, 0.1) is 5.92 Å². The van der Waals surface area contributed by atoms with E-state index in [2.05, 4.69) is 4.42 Å². The van der Waals surface area contributed by atoms with Crippen molar-refractivity contribution < 1.29 is 18.0 Å². The molecule has 0 saturated heterocycles. The van der Waals surface area contributed by atoms with Crippen molar-refractivity contribution >= 4 is 5.78 Å². The SMILES string of the molecule is CCC(C)C(F)=C(F)C(=O)c1ccco1. The molecule has 0 bridgehead atoms. The Kier molecular flexibility index (Phi) is 3.77. The first kappa shape index (κ1) is 11.6. The lowest BCUT2D eigenvalue weighted by Crippen LogP contribution is -2.04. The number of ketones is 1. The Balaban J connectivity index is 2.93. The van der Waals surface area contributed by atoms with Crippen molar-refractivity contribution in [3.05, 3.63) is 35.8 Å². The summed E-state index contributed by atoms with van der Waals surface area (Å²) in [4.78, 5) is 11.3. The zero-order valence-corrected chi connectivity index (χ0v) is 8.59. The minimum absolute atomic E-state index is 0.189. The second-order valence-electron chi connectivity index (χ2n) is 3.28. The molecule has 15 heavy (non-hydrogen) atoms. The third-order valence-electron chi connectivity index (χ3n) is 2.20. The van der Waals surface area contributed by atoms with Gasteiger partial charge in [0.1, 0.15) is 5.83 Å². The predicted molar refractivity (Wildman–Crippen MR) is 51.7 cm³/mol. The third kappa shape index (κ3) is 2.52. The van der Waals surface area contributed by atoms with Crippen molar-refractivity contribution in [2.24, 2.45) is 5.92 Å². The van der Waals surface area contributed by atoms with Gasteiger partial charge in [-0.2, -0.15) is 4.39 Å². The van der Waals surface area contributed by atoms with Gasteiger partial charge >= 0.3 is 0 Å². The van der Waals surface area contributed by atoms with Crippen LogP contribution in [0.3, 0.4) is 0 Å². The molecule has 0 spiro atoms. The van der Waals surface area contributed by atoms with Crippen LogP contribution in [-0.2, 0) is 0 Å². The zero-order valence-electron chi connectivity index (χ0n) is 8.59. The summed E-state index contributed by atoms with van der Waals surface area (Å²) in [6.45, 7) is 3.24. The van der Waals surface area contributed by atoms with Crippen LogP contribution >= 0.6 is 0 Å². The number of carbonyl (C=O) groups excluding carboxylic acids is 1. The Morgan fingerprint density at radius 3 is 2.67 bits per heavy atom. The number of allylic oxidation sites excluding steroid dienone is 2. The van der Waals surface area contributed by atoms with E-state index in [1.54, 1.807) is 6.92 Å². The minimum Gasteiger partial charge on any atom is -0.461 e. The molecule has 0 aliphatic carbocycles. The van der Waals surface area contributed by atoms with Gasteiger partial charge in [-0.25, -0.2) is 4.39 Å². The van der Waals surface area contributed by atoms with Crippen LogP contribution in [0.15, 0.2) is 34.5 Å². The number of carbonyl (C=O) groups is 1. The lowest BCUT2D eigenvalue weighted by molar-refractivity contribution is 0.0971. The second kappa shape index (κ2) is 4.87. The van der Waals surface area contributed by atoms with Crippen molar-refractivity contribution in [2.45, 2.75) is 20.3 Å². The standard InChI is InChI=1S/C11H12F2O2/c1-3-7(2)9(12)10(13)11(14)8-5-4-6-15-8/h4-7H,3H2,1-2H3. The van der Waals surface area contributed by atoms with E-state index in [0.29, 0.717) is 6.42 Å². The molecule has 0 saturated carbocycles. The van der Waals surface area contributed by atoms with Gasteiger partial charge in [0, 0.05) is 5.92 Å². The lowest BCUT2D eigenvalue weighted by Gasteiger charge is -2.05. The lowest BCUT2D eigenvalue weighted by atomic mass is 10.1. The van der Waals surface area contributed by atoms with E-state index in [4.69, 9.17) is 0 Å². The highest BCUT2D eigenvalue weighted by Crippen LogP contribution is 2.23. The van der Waals surface area contributed by atoms with Crippen molar-refractivity contribution in [3.8, 4) is 0 Å². The van der Waals surface area contributed by atoms with Crippen molar-refractivity contribution in [1.29, 1.82) is 0 Å². The highest BCUT2D eigenvalue weighted by molar-refractivity contribution is 6.05. The van der Waals surface area contributed by atoms with Gasteiger partial charge in [-0.15, -0.1) is 0 Å². The third-order valence-corrected chi connectivity index (χ3v) is 2.20. The molecule has 1 aromatic rings. The largest absolute Gasteiger partial charge is 0.461 e. The molecule has 1 unspecified atom stereocenters. The van der Waals surface area contributed by atoms with Crippen LogP contribution in [0.25, 0.3) is 0 Å². The summed E-state index contributed by atoms with van der Waals surface area (Å²) in [6, 6.07) is 2.74. The number of halogens is 2. The summed E-state index contributed by atoms with van der Waals surface area (Å²) < 4.78 is 31.3. The Bertz CT molecular complexity index is 366. The van der Waals surface area contributed by atoms with Gasteiger partial charge in [-0.3, -0.25) is 4.79 Å². The normalized spacial score (nSPS) is 14.7. The van der Waals surface area contributed by atoms with Crippen LogP contribution in [-0.4, -0.2) is 5.78 Å². The van der Waals surface area contributed by atoms with Gasteiger partial charge in [0.2, 0.25) is 5.83 Å². The van der Waals surface area contributed by atoms with Gasteiger partial charge in [0.05, 0.1) is 6.26 Å². The zero-order chi connectivity index (χ0) is 11.4. The Labute approximate surface area is 86.6 Å². The van der Waals surface area contributed by atoms with Gasteiger partial charge in [-0.1, -0.05) is 13.8 Å². The Hall–Kier alpha value is -1.45. The molecule has 0 fully saturated rings. The first-order valence-corrected chi connectivity index (χ1v) is 4.71. The summed E-state index contributed by atoms with van der Waals surface area (Å²) in [6.07, 6.45) is 1.67. The second-order valence-corrected chi connectivity index (χ2v) is 3.28. The monoisotopic (exact) mass is 214 g/mol. The molecular formula is C11H12F2O2. The van der Waals surface area contributed by atoms with Crippen LogP contribution in [0.4, 0.5) is 8.78 Å². The first-order valence-electron chi connectivity index (χ1n) is 4.71. The average Bonchev–Trinajstić information content (AvgIpc) is 2.78. The Morgan fingerprint density at radius 2 is 2.20 bits per heavy atom. The number of hydrogen-bond donors (Lipinski definition) is 0. The highest BCUT2D eigenvalue weighted by atomic mass is 19.2. The Morgan fingerprint density at radius 1 is 1.53 bits per heavy atom. The van der Waals surface area contributed by atoms with E-state index in [0.717, 1.165) is 0 Å². The van der Waals surface area contributed by atoms with Gasteiger partial charge in [-0.05, 0) is 18.6 Å². The molecule has 0 aliphatic rings. The molecule has 2 nitrogen and oxygen atoms in total. The molecule has 0 amide bonds. The highest BCUT2D eigenvalue weighted by Gasteiger charge is 2.22. The predicted octanol–water partition coefficient (Wildman–Crippen LogP) is 3.66. The van der Waals surface area contributed by atoms with E-state index in [1.807, 2.05) is 0 Å². The smallest absolute Gasteiger partial charge is 0.259 e. The van der Waals surface area contributed by atoms with E-state index < -0.39 is 23.4 Å². The maximum Gasteiger partial charge on any atom is 0.259 e. The summed E-state index contributed by atoms with van der Waals surface area (Å²) >= 11 is 0. The van der Waals surface area contributed by atoms with Gasteiger partial charge < -0.3 is 4.42 Å². The summed E-state index contributed by atoms with van der Waals surface area (Å²) in [5.41, 5.74) is 0. The number of rotatable bonds is 4. The molecule has 0 radical (unpaired) electrons. The van der Waals surface area contributed by atoms with Crippen LogP contribution < -0.4 is 0 Å². The van der Waals surface area contributed by atoms with Gasteiger partial charge in [0.25, 0.3) is 5.78 Å². The first-order chi connectivity index (χ1) is 7.07. The van der Waals surface area contributed by atoms with E-state index in [1.165, 1.54) is 25.3 Å².